The maximum Gasteiger partial charge on any atom is 0.275 e. The minimum absolute atomic E-state index is 0.166. The monoisotopic (exact) mass is 306 g/mol. The lowest BCUT2D eigenvalue weighted by molar-refractivity contribution is -0.892. The van der Waals surface area contributed by atoms with Gasteiger partial charge in [-0.1, -0.05) is 13.0 Å². The Bertz CT molecular complexity index is 485. The molecule has 0 aliphatic carbocycles. The van der Waals surface area contributed by atoms with Crippen molar-refractivity contribution in [3.05, 3.63) is 24.3 Å². The summed E-state index contributed by atoms with van der Waals surface area (Å²) < 4.78 is 5.28. The predicted octanol–water partition coefficient (Wildman–Crippen LogP) is 0.315. The molecule has 1 saturated heterocycles. The number of methoxy groups -OCH3 is 1. The number of hydrogen-bond acceptors (Lipinski definition) is 3. The van der Waals surface area contributed by atoms with Crippen LogP contribution in [0.15, 0.2) is 24.3 Å². The molecule has 1 aliphatic rings. The summed E-state index contributed by atoms with van der Waals surface area (Å²) in [4.78, 5) is 15.7. The lowest BCUT2D eigenvalue weighted by atomic mass is 10.2. The molecule has 1 heterocycles. The molecule has 1 aromatic rings. The van der Waals surface area contributed by atoms with E-state index in [0.29, 0.717) is 6.54 Å². The highest BCUT2D eigenvalue weighted by molar-refractivity contribution is 5.77. The second-order valence-electron chi connectivity index (χ2n) is 5.99. The van der Waals surface area contributed by atoms with Gasteiger partial charge in [0.2, 0.25) is 0 Å². The van der Waals surface area contributed by atoms with E-state index in [-0.39, 0.29) is 11.9 Å². The standard InChI is InChI=1S/C17H27N3O2/c1-4-14(2)18-17(21)13-19-8-10-20(11-9-19)15-6-5-7-16(12-15)22-3/h5-7,12,14H,4,8-11,13H2,1-3H3,(H,18,21)/p+1/t14-/m1/s1. The van der Waals surface area contributed by atoms with Gasteiger partial charge in [0.05, 0.1) is 33.3 Å². The normalized spacial score (nSPS) is 17.1. The Hall–Kier alpha value is -1.75. The highest BCUT2D eigenvalue weighted by atomic mass is 16.5. The van der Waals surface area contributed by atoms with Crippen LogP contribution in [0.25, 0.3) is 0 Å². The molecule has 0 spiro atoms. The summed E-state index contributed by atoms with van der Waals surface area (Å²) in [6, 6.07) is 8.44. The second-order valence-corrected chi connectivity index (χ2v) is 5.99. The Morgan fingerprint density at radius 1 is 1.41 bits per heavy atom. The highest BCUT2D eigenvalue weighted by Crippen LogP contribution is 2.20. The van der Waals surface area contributed by atoms with Crippen molar-refractivity contribution in [2.24, 2.45) is 0 Å². The summed E-state index contributed by atoms with van der Waals surface area (Å²) in [5, 5.41) is 3.04. The van der Waals surface area contributed by atoms with Crippen LogP contribution < -0.4 is 19.9 Å². The number of anilines is 1. The smallest absolute Gasteiger partial charge is 0.275 e. The Labute approximate surface area is 133 Å². The molecular formula is C17H28N3O2+. The van der Waals surface area contributed by atoms with Gasteiger partial charge in [0, 0.05) is 17.8 Å². The molecule has 0 saturated carbocycles. The maximum absolute atomic E-state index is 12.0. The van der Waals surface area contributed by atoms with Crippen LogP contribution in [0, 0.1) is 0 Å². The Morgan fingerprint density at radius 3 is 2.77 bits per heavy atom. The predicted molar refractivity (Wildman–Crippen MR) is 88.7 cm³/mol. The fourth-order valence-electron chi connectivity index (χ4n) is 2.72. The van der Waals surface area contributed by atoms with Crippen molar-refractivity contribution in [3.8, 4) is 5.75 Å². The Morgan fingerprint density at radius 2 is 2.14 bits per heavy atom. The number of rotatable bonds is 6. The van der Waals surface area contributed by atoms with Gasteiger partial charge in [0.25, 0.3) is 5.91 Å². The summed E-state index contributed by atoms with van der Waals surface area (Å²) in [6.45, 7) is 8.64. The molecular weight excluding hydrogens is 278 g/mol. The first-order valence-electron chi connectivity index (χ1n) is 8.14. The highest BCUT2D eigenvalue weighted by Gasteiger charge is 2.22. The number of carbonyl (C=O) groups is 1. The lowest BCUT2D eigenvalue weighted by Crippen LogP contribution is -3.16. The quantitative estimate of drug-likeness (QED) is 0.795. The summed E-state index contributed by atoms with van der Waals surface area (Å²) in [5.41, 5.74) is 1.20. The Balaban J connectivity index is 1.81. The van der Waals surface area contributed by atoms with E-state index in [9.17, 15) is 4.79 Å². The largest absolute Gasteiger partial charge is 0.497 e. The number of ether oxygens (including phenoxy) is 1. The van der Waals surface area contributed by atoms with Gasteiger partial charge in [-0.2, -0.15) is 0 Å². The van der Waals surface area contributed by atoms with E-state index in [2.05, 4.69) is 29.3 Å². The molecule has 0 unspecified atom stereocenters. The van der Waals surface area contributed by atoms with Crippen LogP contribution in [0.4, 0.5) is 5.69 Å². The summed E-state index contributed by atoms with van der Waals surface area (Å²) >= 11 is 0. The zero-order valence-electron chi connectivity index (χ0n) is 13.9. The first-order valence-corrected chi connectivity index (χ1v) is 8.14. The third-order valence-electron chi connectivity index (χ3n) is 4.32. The van der Waals surface area contributed by atoms with Crippen molar-refractivity contribution in [2.75, 3.05) is 44.7 Å². The summed E-state index contributed by atoms with van der Waals surface area (Å²) in [5.74, 6) is 1.05. The van der Waals surface area contributed by atoms with Gasteiger partial charge >= 0.3 is 0 Å². The van der Waals surface area contributed by atoms with Crippen LogP contribution in [-0.4, -0.2) is 51.8 Å². The van der Waals surface area contributed by atoms with Gasteiger partial charge in [0.15, 0.2) is 6.54 Å². The van der Waals surface area contributed by atoms with Gasteiger partial charge in [-0.25, -0.2) is 0 Å². The second kappa shape index (κ2) is 8.03. The van der Waals surface area contributed by atoms with Crippen LogP contribution in [0.3, 0.4) is 0 Å². The van der Waals surface area contributed by atoms with Gasteiger partial charge in [-0.15, -0.1) is 0 Å². The van der Waals surface area contributed by atoms with Crippen LogP contribution in [0.1, 0.15) is 20.3 Å². The fraction of sp³-hybridized carbons (Fsp3) is 0.588. The molecule has 5 nitrogen and oxygen atoms in total. The van der Waals surface area contributed by atoms with E-state index < -0.39 is 0 Å². The third-order valence-corrected chi connectivity index (χ3v) is 4.32. The molecule has 0 bridgehead atoms. The van der Waals surface area contributed by atoms with E-state index in [4.69, 9.17) is 4.74 Å². The average molecular weight is 306 g/mol. The minimum atomic E-state index is 0.166. The molecule has 1 atom stereocenters. The van der Waals surface area contributed by atoms with Crippen molar-refractivity contribution < 1.29 is 14.4 Å². The molecule has 1 aromatic carbocycles. The number of benzene rings is 1. The van der Waals surface area contributed by atoms with E-state index >= 15 is 0 Å². The third kappa shape index (κ3) is 4.63. The van der Waals surface area contributed by atoms with E-state index in [1.165, 1.54) is 10.6 Å². The molecule has 2 rings (SSSR count). The molecule has 1 aliphatic heterocycles. The van der Waals surface area contributed by atoms with Crippen molar-refractivity contribution in [1.29, 1.82) is 0 Å². The van der Waals surface area contributed by atoms with E-state index in [0.717, 1.165) is 38.3 Å². The topological polar surface area (TPSA) is 46.0 Å². The minimum Gasteiger partial charge on any atom is -0.497 e. The van der Waals surface area contributed by atoms with Crippen molar-refractivity contribution in [3.63, 3.8) is 0 Å². The van der Waals surface area contributed by atoms with Gasteiger partial charge in [0.1, 0.15) is 5.75 Å². The van der Waals surface area contributed by atoms with Crippen molar-refractivity contribution in [1.82, 2.24) is 5.32 Å². The molecule has 1 amide bonds. The molecule has 0 aromatic heterocycles. The fourth-order valence-corrected chi connectivity index (χ4v) is 2.72. The van der Waals surface area contributed by atoms with Crippen molar-refractivity contribution >= 4 is 11.6 Å². The average Bonchev–Trinajstić information content (AvgIpc) is 2.55. The lowest BCUT2D eigenvalue weighted by Gasteiger charge is -2.33. The number of quaternary nitrogens is 1. The summed E-state index contributed by atoms with van der Waals surface area (Å²) in [6.07, 6.45) is 0.977. The molecule has 22 heavy (non-hydrogen) atoms. The van der Waals surface area contributed by atoms with Crippen molar-refractivity contribution in [2.45, 2.75) is 26.3 Å². The van der Waals surface area contributed by atoms with E-state index in [1.54, 1.807) is 7.11 Å². The zero-order chi connectivity index (χ0) is 15.9. The number of hydrogen-bond donors (Lipinski definition) is 2. The SMILES string of the molecule is CC[C@@H](C)NC(=O)C[NH+]1CCN(c2cccc(OC)c2)CC1. The van der Waals surface area contributed by atoms with Gasteiger partial charge in [-0.05, 0) is 25.5 Å². The number of carbonyl (C=O) groups excluding carboxylic acids is 1. The first-order chi connectivity index (χ1) is 10.6. The Kier molecular flexibility index (Phi) is 6.07. The molecule has 5 heteroatoms. The van der Waals surface area contributed by atoms with Gasteiger partial charge in [-0.3, -0.25) is 4.79 Å². The number of amides is 1. The number of nitrogens with zero attached hydrogens (tertiary/aromatic N) is 1. The van der Waals surface area contributed by atoms with E-state index in [1.807, 2.05) is 19.1 Å². The molecule has 1 fully saturated rings. The summed E-state index contributed by atoms with van der Waals surface area (Å²) in [7, 11) is 1.69. The van der Waals surface area contributed by atoms with Crippen LogP contribution in [-0.2, 0) is 4.79 Å². The molecule has 2 N–H and O–H groups in total. The van der Waals surface area contributed by atoms with Crippen LogP contribution >= 0.6 is 0 Å². The maximum atomic E-state index is 12.0. The first kappa shape index (κ1) is 16.6. The molecule has 0 radical (unpaired) electrons. The number of nitrogens with one attached hydrogen (secondary N) is 2. The van der Waals surface area contributed by atoms with Crippen LogP contribution in [0.5, 0.6) is 5.75 Å². The molecule has 122 valence electrons. The number of piperazine rings is 1. The zero-order valence-corrected chi connectivity index (χ0v) is 13.9. The van der Waals surface area contributed by atoms with Gasteiger partial charge < -0.3 is 19.9 Å². The van der Waals surface area contributed by atoms with Crippen LogP contribution in [0.2, 0.25) is 0 Å².